The minimum absolute atomic E-state index is 0.324. The van der Waals surface area contributed by atoms with Gasteiger partial charge in [-0.05, 0) is 24.6 Å². The largest absolute Gasteiger partial charge is 0.206 e. The summed E-state index contributed by atoms with van der Waals surface area (Å²) < 4.78 is 13.1. The molecule has 0 radical (unpaired) electrons. The van der Waals surface area contributed by atoms with Gasteiger partial charge in [0.1, 0.15) is 5.82 Å². The minimum atomic E-state index is -0.324. The quantitative estimate of drug-likeness (QED) is 0.701. The molecule has 0 bridgehead atoms. The Morgan fingerprint density at radius 3 is 2.93 bits per heavy atom. The van der Waals surface area contributed by atoms with Gasteiger partial charge < -0.3 is 0 Å². The zero-order valence-corrected chi connectivity index (χ0v) is 8.26. The third-order valence-corrected chi connectivity index (χ3v) is 1.92. The fourth-order valence-corrected chi connectivity index (χ4v) is 1.14. The molecule has 0 amide bonds. The molecule has 0 aliphatic heterocycles. The standard InChI is InChI=1S/C11H9ClFN/c12-6-2-1-3-10-7-9(8-14)4-5-11(10)13/h1,3-5,7H,2,6H2. The van der Waals surface area contributed by atoms with Crippen molar-refractivity contribution in [3.63, 3.8) is 0 Å². The van der Waals surface area contributed by atoms with E-state index in [4.69, 9.17) is 16.9 Å². The van der Waals surface area contributed by atoms with Crippen molar-refractivity contribution in [1.29, 1.82) is 5.26 Å². The van der Waals surface area contributed by atoms with Crippen molar-refractivity contribution in [2.24, 2.45) is 0 Å². The highest BCUT2D eigenvalue weighted by atomic mass is 35.5. The fraction of sp³-hybridized carbons (Fsp3) is 0.182. The predicted molar refractivity (Wildman–Crippen MR) is 55.5 cm³/mol. The second kappa shape index (κ2) is 5.41. The SMILES string of the molecule is N#Cc1ccc(F)c(C=CCCCl)c1. The molecular formula is C11H9ClFN. The van der Waals surface area contributed by atoms with E-state index in [-0.39, 0.29) is 5.82 Å². The predicted octanol–water partition coefficient (Wildman–Crippen LogP) is 3.34. The highest BCUT2D eigenvalue weighted by molar-refractivity contribution is 6.17. The Bertz CT molecular complexity index is 379. The molecule has 0 spiro atoms. The number of allylic oxidation sites excluding steroid dienone is 1. The van der Waals surface area contributed by atoms with E-state index in [1.54, 1.807) is 12.2 Å². The van der Waals surface area contributed by atoms with Crippen LogP contribution in [-0.4, -0.2) is 5.88 Å². The van der Waals surface area contributed by atoms with Crippen LogP contribution in [0.5, 0.6) is 0 Å². The van der Waals surface area contributed by atoms with Crippen molar-refractivity contribution < 1.29 is 4.39 Å². The van der Waals surface area contributed by atoms with Gasteiger partial charge in [-0.3, -0.25) is 0 Å². The Hall–Kier alpha value is -1.33. The third kappa shape index (κ3) is 2.86. The van der Waals surface area contributed by atoms with Gasteiger partial charge >= 0.3 is 0 Å². The summed E-state index contributed by atoms with van der Waals surface area (Å²) in [4.78, 5) is 0. The van der Waals surface area contributed by atoms with Crippen LogP contribution in [0.25, 0.3) is 6.08 Å². The Morgan fingerprint density at radius 1 is 1.50 bits per heavy atom. The minimum Gasteiger partial charge on any atom is -0.206 e. The normalized spacial score (nSPS) is 10.4. The third-order valence-electron chi connectivity index (χ3n) is 1.70. The molecule has 0 aliphatic rings. The maximum atomic E-state index is 13.1. The number of nitriles is 1. The highest BCUT2D eigenvalue weighted by Crippen LogP contribution is 2.12. The summed E-state index contributed by atoms with van der Waals surface area (Å²) in [5, 5.41) is 8.61. The number of rotatable bonds is 3. The molecule has 1 nitrogen and oxygen atoms in total. The van der Waals surface area contributed by atoms with Crippen molar-refractivity contribution in [2.45, 2.75) is 6.42 Å². The first kappa shape index (κ1) is 10.7. The van der Waals surface area contributed by atoms with Crippen molar-refractivity contribution in [2.75, 3.05) is 5.88 Å². The van der Waals surface area contributed by atoms with E-state index in [0.29, 0.717) is 23.4 Å². The summed E-state index contributed by atoms with van der Waals surface area (Å²) in [5.41, 5.74) is 0.881. The highest BCUT2D eigenvalue weighted by Gasteiger charge is 1.99. The number of benzene rings is 1. The zero-order chi connectivity index (χ0) is 10.4. The average molecular weight is 210 g/mol. The van der Waals surface area contributed by atoms with Crippen molar-refractivity contribution >= 4 is 17.7 Å². The molecule has 0 heterocycles. The van der Waals surface area contributed by atoms with Crippen LogP contribution in [0.15, 0.2) is 24.3 Å². The molecule has 0 saturated heterocycles. The first-order chi connectivity index (χ1) is 6.77. The molecule has 0 fully saturated rings. The van der Waals surface area contributed by atoms with Crippen LogP contribution in [0, 0.1) is 17.1 Å². The van der Waals surface area contributed by atoms with Crippen LogP contribution in [0.1, 0.15) is 17.5 Å². The number of hydrogen-bond acceptors (Lipinski definition) is 1. The Balaban J connectivity index is 2.90. The molecule has 1 aromatic carbocycles. The van der Waals surface area contributed by atoms with Gasteiger partial charge in [-0.1, -0.05) is 12.2 Å². The molecule has 0 unspecified atom stereocenters. The molecule has 0 N–H and O–H groups in total. The van der Waals surface area contributed by atoms with E-state index < -0.39 is 0 Å². The lowest BCUT2D eigenvalue weighted by atomic mass is 10.1. The molecule has 1 rings (SSSR count). The fourth-order valence-electron chi connectivity index (χ4n) is 1.01. The molecule has 14 heavy (non-hydrogen) atoms. The first-order valence-electron chi connectivity index (χ1n) is 4.20. The Labute approximate surface area is 87.4 Å². The smallest absolute Gasteiger partial charge is 0.130 e. The molecule has 0 aromatic heterocycles. The van der Waals surface area contributed by atoms with Gasteiger partial charge in [0, 0.05) is 11.4 Å². The van der Waals surface area contributed by atoms with Gasteiger partial charge in [-0.2, -0.15) is 5.26 Å². The molecule has 0 aliphatic carbocycles. The monoisotopic (exact) mass is 209 g/mol. The second-order valence-electron chi connectivity index (χ2n) is 2.73. The first-order valence-corrected chi connectivity index (χ1v) is 4.73. The summed E-state index contributed by atoms with van der Waals surface area (Å²) in [6.07, 6.45) is 4.11. The number of alkyl halides is 1. The molecule has 1 aromatic rings. The van der Waals surface area contributed by atoms with Crippen LogP contribution < -0.4 is 0 Å². The summed E-state index contributed by atoms with van der Waals surface area (Å²) in [7, 11) is 0. The lowest BCUT2D eigenvalue weighted by molar-refractivity contribution is 0.625. The average Bonchev–Trinajstić information content (AvgIpc) is 2.21. The van der Waals surface area contributed by atoms with E-state index in [1.165, 1.54) is 18.2 Å². The van der Waals surface area contributed by atoms with Gasteiger partial charge in [0.2, 0.25) is 0 Å². The summed E-state index contributed by atoms with van der Waals surface area (Å²) >= 11 is 5.47. The van der Waals surface area contributed by atoms with E-state index in [0.717, 1.165) is 0 Å². The molecular weight excluding hydrogens is 201 g/mol. The number of hydrogen-bond donors (Lipinski definition) is 0. The van der Waals surface area contributed by atoms with E-state index in [2.05, 4.69) is 0 Å². The van der Waals surface area contributed by atoms with Gasteiger partial charge in [0.15, 0.2) is 0 Å². The Kier molecular flexibility index (Phi) is 4.15. The Morgan fingerprint density at radius 2 is 2.29 bits per heavy atom. The van der Waals surface area contributed by atoms with Crippen LogP contribution in [0.2, 0.25) is 0 Å². The van der Waals surface area contributed by atoms with Crippen LogP contribution in [0.4, 0.5) is 4.39 Å². The summed E-state index contributed by atoms with van der Waals surface area (Å²) in [6, 6.07) is 6.22. The van der Waals surface area contributed by atoms with Crippen LogP contribution in [-0.2, 0) is 0 Å². The zero-order valence-electron chi connectivity index (χ0n) is 7.50. The van der Waals surface area contributed by atoms with Gasteiger partial charge in [0.05, 0.1) is 11.6 Å². The molecule has 72 valence electrons. The van der Waals surface area contributed by atoms with Crippen molar-refractivity contribution in [3.8, 4) is 6.07 Å². The van der Waals surface area contributed by atoms with E-state index in [9.17, 15) is 4.39 Å². The van der Waals surface area contributed by atoms with Crippen molar-refractivity contribution in [1.82, 2.24) is 0 Å². The van der Waals surface area contributed by atoms with E-state index in [1.807, 2.05) is 6.07 Å². The van der Waals surface area contributed by atoms with Gasteiger partial charge in [-0.15, -0.1) is 11.6 Å². The van der Waals surface area contributed by atoms with Crippen LogP contribution >= 0.6 is 11.6 Å². The topological polar surface area (TPSA) is 23.8 Å². The molecule has 3 heteroatoms. The molecule has 0 saturated carbocycles. The van der Waals surface area contributed by atoms with Crippen molar-refractivity contribution in [3.05, 3.63) is 41.2 Å². The van der Waals surface area contributed by atoms with Crippen LogP contribution in [0.3, 0.4) is 0 Å². The molecule has 0 atom stereocenters. The number of nitrogens with zero attached hydrogens (tertiary/aromatic N) is 1. The second-order valence-corrected chi connectivity index (χ2v) is 3.11. The summed E-state index contributed by atoms with van der Waals surface area (Å²) in [6.45, 7) is 0. The maximum Gasteiger partial charge on any atom is 0.130 e. The maximum absolute atomic E-state index is 13.1. The lowest BCUT2D eigenvalue weighted by Crippen LogP contribution is -1.84. The van der Waals surface area contributed by atoms with Gasteiger partial charge in [-0.25, -0.2) is 4.39 Å². The number of halogens is 2. The van der Waals surface area contributed by atoms with Gasteiger partial charge in [0.25, 0.3) is 0 Å². The summed E-state index contributed by atoms with van der Waals surface area (Å²) in [5.74, 6) is 0.186. The lowest BCUT2D eigenvalue weighted by Gasteiger charge is -1.96. The van der Waals surface area contributed by atoms with E-state index >= 15 is 0 Å².